The van der Waals surface area contributed by atoms with Crippen molar-refractivity contribution in [3.05, 3.63) is 65.2 Å². The summed E-state index contributed by atoms with van der Waals surface area (Å²) < 4.78 is 5.75. The Hall–Kier alpha value is -3.75. The predicted octanol–water partition coefficient (Wildman–Crippen LogP) is 5.71. The van der Waals surface area contributed by atoms with E-state index in [4.69, 9.17) is 16.1 Å². The van der Waals surface area contributed by atoms with Gasteiger partial charge in [0.2, 0.25) is 0 Å². The number of carbonyl (C=O) groups is 2. The van der Waals surface area contributed by atoms with E-state index in [1.807, 2.05) is 55.1 Å². The molecule has 0 saturated heterocycles. The quantitative estimate of drug-likeness (QED) is 0.142. The van der Waals surface area contributed by atoms with Crippen molar-refractivity contribution in [2.75, 3.05) is 0 Å². The van der Waals surface area contributed by atoms with Crippen molar-refractivity contribution in [1.29, 1.82) is 5.53 Å². The van der Waals surface area contributed by atoms with Gasteiger partial charge in [0.05, 0.1) is 6.10 Å². The second kappa shape index (κ2) is 12.7. The van der Waals surface area contributed by atoms with Crippen LogP contribution in [0, 0.1) is 16.9 Å². The third-order valence-corrected chi connectivity index (χ3v) is 7.12. The maximum atomic E-state index is 13.8. The van der Waals surface area contributed by atoms with Gasteiger partial charge in [-0.1, -0.05) is 32.9 Å². The lowest BCUT2D eigenvalue weighted by atomic mass is 9.71. The second-order valence-corrected chi connectivity index (χ2v) is 11.2. The van der Waals surface area contributed by atoms with E-state index in [1.165, 1.54) is 0 Å². The summed E-state index contributed by atoms with van der Waals surface area (Å²) in [4.78, 5) is 28.2. The number of hydrazone groups is 1. The van der Waals surface area contributed by atoms with Crippen LogP contribution in [0.25, 0.3) is 0 Å². The topological polar surface area (TPSA) is 133 Å². The van der Waals surface area contributed by atoms with E-state index in [2.05, 4.69) is 36.3 Å². The van der Waals surface area contributed by atoms with Crippen LogP contribution in [-0.2, 0) is 6.54 Å². The van der Waals surface area contributed by atoms with Gasteiger partial charge in [0, 0.05) is 23.7 Å². The predicted molar refractivity (Wildman–Crippen MR) is 148 cm³/mol. The molecule has 38 heavy (non-hydrogen) atoms. The van der Waals surface area contributed by atoms with Crippen LogP contribution in [0.1, 0.15) is 86.6 Å². The fourth-order valence-electron chi connectivity index (χ4n) is 4.96. The molecule has 0 spiro atoms. The molecular formula is C29H40N6O3. The van der Waals surface area contributed by atoms with E-state index >= 15 is 0 Å². The standard InChI is InChI=1S/C29H40N6O3/c1-19(2)38-25-16-10-22(11-17-25)27(37)35(24-14-12-23(13-15-24)29(3,4)5)18-20-6-8-21(9-7-20)26(36)32-28(33-30)34-31/h6-11,16-17,19,23-24,30H,12-15,18,31H2,1-5H3,(H,32,34,36). The fourth-order valence-corrected chi connectivity index (χ4v) is 4.96. The van der Waals surface area contributed by atoms with Gasteiger partial charge in [-0.15, -0.1) is 10.2 Å². The van der Waals surface area contributed by atoms with Gasteiger partial charge in [0.1, 0.15) is 5.75 Å². The molecule has 4 N–H and O–H groups in total. The van der Waals surface area contributed by atoms with Gasteiger partial charge in [-0.3, -0.25) is 14.9 Å². The molecule has 2 amide bonds. The molecule has 1 aliphatic rings. The number of rotatable bonds is 7. The first-order valence-corrected chi connectivity index (χ1v) is 13.1. The Balaban J connectivity index is 1.80. The first-order valence-electron chi connectivity index (χ1n) is 13.1. The largest absolute Gasteiger partial charge is 0.491 e. The van der Waals surface area contributed by atoms with Gasteiger partial charge in [0.25, 0.3) is 17.8 Å². The zero-order valence-electron chi connectivity index (χ0n) is 23.0. The number of hydrogen-bond acceptors (Lipinski definition) is 6. The Morgan fingerprint density at radius 2 is 1.61 bits per heavy atom. The molecular weight excluding hydrogens is 480 g/mol. The highest BCUT2D eigenvalue weighted by molar-refractivity contribution is 6.05. The monoisotopic (exact) mass is 520 g/mol. The molecule has 0 heterocycles. The molecule has 0 unspecified atom stereocenters. The molecule has 9 heteroatoms. The minimum atomic E-state index is -0.464. The minimum absolute atomic E-state index is 0.0111. The zero-order valence-corrected chi connectivity index (χ0v) is 23.0. The van der Waals surface area contributed by atoms with Crippen LogP contribution >= 0.6 is 0 Å². The molecule has 3 rings (SSSR count). The highest BCUT2D eigenvalue weighted by atomic mass is 16.5. The van der Waals surface area contributed by atoms with Gasteiger partial charge in [-0.25, -0.2) is 5.53 Å². The second-order valence-electron chi connectivity index (χ2n) is 11.2. The van der Waals surface area contributed by atoms with Gasteiger partial charge in [-0.05, 0) is 92.8 Å². The average Bonchev–Trinajstić information content (AvgIpc) is 2.90. The molecule has 0 radical (unpaired) electrons. The molecule has 1 aliphatic carbocycles. The van der Waals surface area contributed by atoms with Gasteiger partial charge < -0.3 is 15.5 Å². The Labute approximate surface area is 225 Å². The lowest BCUT2D eigenvalue weighted by molar-refractivity contribution is 0.0530. The molecule has 204 valence electrons. The maximum absolute atomic E-state index is 13.8. The Bertz CT molecular complexity index is 1130. The summed E-state index contributed by atoms with van der Waals surface area (Å²) in [6.45, 7) is 11.3. The first-order chi connectivity index (χ1) is 18.0. The molecule has 0 atom stereocenters. The number of nitrogens with one attached hydrogen (secondary N) is 2. The number of ether oxygens (including phenoxy) is 1. The minimum Gasteiger partial charge on any atom is -0.491 e. The summed E-state index contributed by atoms with van der Waals surface area (Å²) in [6, 6.07) is 14.5. The summed E-state index contributed by atoms with van der Waals surface area (Å²) >= 11 is 0. The van der Waals surface area contributed by atoms with Crippen LogP contribution in [0.15, 0.2) is 58.7 Å². The number of nitrogens with zero attached hydrogens (tertiary/aromatic N) is 3. The van der Waals surface area contributed by atoms with E-state index in [0.29, 0.717) is 23.6 Å². The van der Waals surface area contributed by atoms with Crippen LogP contribution in [0.4, 0.5) is 0 Å². The number of guanidine groups is 1. The zero-order chi connectivity index (χ0) is 27.9. The molecule has 0 bridgehead atoms. The third kappa shape index (κ3) is 7.63. The molecule has 0 aromatic heterocycles. The Kier molecular flexibility index (Phi) is 9.61. The summed E-state index contributed by atoms with van der Waals surface area (Å²) in [5.74, 6) is 5.74. The van der Waals surface area contributed by atoms with E-state index in [-0.39, 0.29) is 29.4 Å². The van der Waals surface area contributed by atoms with Gasteiger partial charge >= 0.3 is 0 Å². The average molecular weight is 521 g/mol. The number of hydrogen-bond donors (Lipinski definition) is 3. The van der Waals surface area contributed by atoms with Crippen LogP contribution in [0.3, 0.4) is 0 Å². The lowest BCUT2D eigenvalue weighted by Gasteiger charge is -2.41. The summed E-state index contributed by atoms with van der Waals surface area (Å²) in [5.41, 5.74) is 9.16. The highest BCUT2D eigenvalue weighted by Crippen LogP contribution is 2.39. The van der Waals surface area contributed by atoms with E-state index in [0.717, 1.165) is 37.0 Å². The van der Waals surface area contributed by atoms with E-state index < -0.39 is 5.91 Å². The van der Waals surface area contributed by atoms with Crippen molar-refractivity contribution in [2.45, 2.75) is 79.0 Å². The van der Waals surface area contributed by atoms with Gasteiger partial charge in [0.15, 0.2) is 0 Å². The molecule has 2 aromatic rings. The Morgan fingerprint density at radius 1 is 1.03 bits per heavy atom. The smallest absolute Gasteiger partial charge is 0.265 e. The molecule has 1 fully saturated rings. The molecule has 1 saturated carbocycles. The van der Waals surface area contributed by atoms with Crippen LogP contribution in [0.5, 0.6) is 5.75 Å². The molecule has 2 aromatic carbocycles. The summed E-state index contributed by atoms with van der Waals surface area (Å²) in [7, 11) is 0. The lowest BCUT2D eigenvalue weighted by Crippen LogP contribution is -2.43. The van der Waals surface area contributed by atoms with Crippen LogP contribution in [-0.4, -0.2) is 34.8 Å². The number of amides is 2. The maximum Gasteiger partial charge on any atom is 0.265 e. The van der Waals surface area contributed by atoms with Gasteiger partial charge in [-0.2, -0.15) is 0 Å². The van der Waals surface area contributed by atoms with Crippen molar-refractivity contribution in [1.82, 2.24) is 10.2 Å². The number of nitrogens with two attached hydrogens (primary N) is 1. The van der Waals surface area contributed by atoms with Crippen LogP contribution in [0.2, 0.25) is 0 Å². The first kappa shape index (κ1) is 28.8. The van der Waals surface area contributed by atoms with Crippen molar-refractivity contribution >= 4 is 17.8 Å². The summed E-state index contributed by atoms with van der Waals surface area (Å²) in [5, 5.41) is 8.68. The molecule has 0 aliphatic heterocycles. The summed E-state index contributed by atoms with van der Waals surface area (Å²) in [6.07, 6.45) is 4.15. The molecule has 9 nitrogen and oxygen atoms in total. The van der Waals surface area contributed by atoms with Crippen LogP contribution < -0.4 is 15.9 Å². The SMILES string of the molecule is CC(C)Oc1ccc(C(=O)N(Cc2ccc(C(=O)N/C(N=N)=N/N)cc2)C2CCC(C(C)(C)C)CC2)cc1. The third-order valence-electron chi connectivity index (χ3n) is 7.12. The van der Waals surface area contributed by atoms with E-state index in [9.17, 15) is 9.59 Å². The van der Waals surface area contributed by atoms with Crippen molar-refractivity contribution < 1.29 is 14.3 Å². The normalized spacial score (nSPS) is 18.1. The number of benzene rings is 2. The van der Waals surface area contributed by atoms with Crippen molar-refractivity contribution in [3.8, 4) is 5.75 Å². The number of carbonyl (C=O) groups excluding carboxylic acids is 2. The van der Waals surface area contributed by atoms with Crippen molar-refractivity contribution in [3.63, 3.8) is 0 Å². The fraction of sp³-hybridized carbons (Fsp3) is 0.483. The van der Waals surface area contributed by atoms with Crippen molar-refractivity contribution in [2.24, 2.45) is 27.4 Å². The Morgan fingerprint density at radius 3 is 2.11 bits per heavy atom. The highest BCUT2D eigenvalue weighted by Gasteiger charge is 2.34. The van der Waals surface area contributed by atoms with E-state index in [1.54, 1.807) is 12.1 Å².